The summed E-state index contributed by atoms with van der Waals surface area (Å²) in [6, 6.07) is 7.08. The minimum Gasteiger partial charge on any atom is -0.479 e. The van der Waals surface area contributed by atoms with Crippen LogP contribution >= 0.6 is 0 Å². The first-order chi connectivity index (χ1) is 16.4. The molecule has 11 nitrogen and oxygen atoms in total. The van der Waals surface area contributed by atoms with E-state index >= 15 is 0 Å². The summed E-state index contributed by atoms with van der Waals surface area (Å²) >= 11 is 0. The van der Waals surface area contributed by atoms with Crippen molar-refractivity contribution in [2.24, 2.45) is 5.92 Å². The lowest BCUT2D eigenvalue weighted by molar-refractivity contribution is 0.0458. The summed E-state index contributed by atoms with van der Waals surface area (Å²) in [7, 11) is 2.85. The number of nitrogens with zero attached hydrogens (tertiary/aromatic N) is 6. The van der Waals surface area contributed by atoms with E-state index in [1.807, 2.05) is 30.5 Å². The van der Waals surface area contributed by atoms with Gasteiger partial charge in [0, 0.05) is 12.7 Å². The number of imidazole rings is 1. The lowest BCUT2D eigenvalue weighted by atomic mass is 10.1. The summed E-state index contributed by atoms with van der Waals surface area (Å²) in [5, 5.41) is 4.18. The summed E-state index contributed by atoms with van der Waals surface area (Å²) < 4.78 is 18.7. The third-order valence-corrected chi connectivity index (χ3v) is 4.92. The minimum absolute atomic E-state index is 0.208. The highest BCUT2D eigenvalue weighted by Crippen LogP contribution is 2.24. The third-order valence-electron chi connectivity index (χ3n) is 4.92. The quantitative estimate of drug-likeness (QED) is 0.362. The normalized spacial score (nSPS) is 11.1. The van der Waals surface area contributed by atoms with Crippen LogP contribution in [0.3, 0.4) is 0 Å². The number of hydrogen-bond donors (Lipinski definition) is 0. The van der Waals surface area contributed by atoms with Gasteiger partial charge in [0.2, 0.25) is 5.88 Å². The number of ether oxygens (including phenoxy) is 3. The Morgan fingerprint density at radius 1 is 1.03 bits per heavy atom. The van der Waals surface area contributed by atoms with E-state index in [1.54, 1.807) is 18.5 Å². The maximum atomic E-state index is 12.2. The van der Waals surface area contributed by atoms with Crippen molar-refractivity contribution < 1.29 is 23.8 Å². The van der Waals surface area contributed by atoms with E-state index in [-0.39, 0.29) is 11.9 Å². The highest BCUT2D eigenvalue weighted by Gasteiger charge is 2.18. The second kappa shape index (κ2) is 9.69. The highest BCUT2D eigenvalue weighted by molar-refractivity contribution is 5.89. The topological polar surface area (TPSA) is 123 Å². The zero-order valence-corrected chi connectivity index (χ0v) is 19.3. The molecule has 0 aliphatic heterocycles. The van der Waals surface area contributed by atoms with Crippen LogP contribution in [-0.4, -0.2) is 62.1 Å². The van der Waals surface area contributed by atoms with Gasteiger partial charge in [0.05, 0.1) is 44.5 Å². The maximum absolute atomic E-state index is 12.2. The van der Waals surface area contributed by atoms with E-state index in [4.69, 9.17) is 14.2 Å². The molecule has 176 valence electrons. The molecular weight excluding hydrogens is 440 g/mol. The van der Waals surface area contributed by atoms with Crippen molar-refractivity contribution in [1.82, 2.24) is 29.3 Å². The third kappa shape index (κ3) is 4.72. The van der Waals surface area contributed by atoms with Gasteiger partial charge in [0.25, 0.3) is 5.95 Å². The molecule has 4 rings (SSSR count). The zero-order chi connectivity index (χ0) is 24.2. The van der Waals surface area contributed by atoms with E-state index in [1.165, 1.54) is 31.3 Å². The fourth-order valence-electron chi connectivity index (χ4n) is 3.22. The van der Waals surface area contributed by atoms with E-state index in [2.05, 4.69) is 20.1 Å². The van der Waals surface area contributed by atoms with Crippen molar-refractivity contribution in [3.63, 3.8) is 0 Å². The summed E-state index contributed by atoms with van der Waals surface area (Å²) in [4.78, 5) is 37.2. The van der Waals surface area contributed by atoms with Crippen LogP contribution in [0.5, 0.6) is 5.88 Å². The van der Waals surface area contributed by atoms with Crippen LogP contribution in [0.2, 0.25) is 0 Å². The number of carbonyl (C=O) groups excluding carboxylic acids is 2. The Hall–Kier alpha value is -4.28. The second-order valence-electron chi connectivity index (χ2n) is 7.93. The average Bonchev–Trinajstić information content (AvgIpc) is 3.50. The minimum atomic E-state index is -0.463. The largest absolute Gasteiger partial charge is 0.479 e. The van der Waals surface area contributed by atoms with Gasteiger partial charge in [-0.25, -0.2) is 19.3 Å². The molecule has 0 atom stereocenters. The van der Waals surface area contributed by atoms with Gasteiger partial charge in [-0.3, -0.25) is 0 Å². The number of rotatable bonds is 8. The van der Waals surface area contributed by atoms with Gasteiger partial charge in [0.1, 0.15) is 0 Å². The molecule has 0 saturated heterocycles. The number of aromatic nitrogens is 6. The Labute approximate surface area is 195 Å². The summed E-state index contributed by atoms with van der Waals surface area (Å²) in [6.07, 6.45) is 4.54. The van der Waals surface area contributed by atoms with E-state index < -0.39 is 11.9 Å². The molecule has 0 fully saturated rings. The molecule has 0 radical (unpaired) electrons. The number of esters is 2. The molecule has 0 spiro atoms. The highest BCUT2D eigenvalue weighted by atomic mass is 16.5. The van der Waals surface area contributed by atoms with Crippen molar-refractivity contribution >= 4 is 23.1 Å². The molecule has 0 saturated carbocycles. The monoisotopic (exact) mass is 464 g/mol. The molecule has 0 amide bonds. The second-order valence-corrected chi connectivity index (χ2v) is 7.93. The molecular formula is C23H24N6O5. The number of methoxy groups -OCH3 is 2. The molecule has 3 aromatic heterocycles. The SMILES string of the molecule is COC(=O)c1ccc(Cn2cnc3nc(-n4cc(C(=O)OCC(C)C)cn4)nc(OC)c32)cc1. The van der Waals surface area contributed by atoms with E-state index in [9.17, 15) is 9.59 Å². The standard InChI is InChI=1S/C23H24N6O5/c1-14(2)12-34-22(31)17-9-25-29(11-17)23-26-19-18(20(27-23)32-3)28(13-24-19)10-15-5-7-16(8-6-15)21(30)33-4/h5-9,11,13-14H,10,12H2,1-4H3. The van der Waals surface area contributed by atoms with Gasteiger partial charge in [-0.15, -0.1) is 0 Å². The first kappa shape index (κ1) is 22.9. The van der Waals surface area contributed by atoms with Gasteiger partial charge in [-0.05, 0) is 23.6 Å². The molecule has 0 bridgehead atoms. The number of carbonyl (C=O) groups is 2. The molecule has 1 aromatic carbocycles. The number of hydrogen-bond acceptors (Lipinski definition) is 9. The molecule has 0 unspecified atom stereocenters. The van der Waals surface area contributed by atoms with Crippen LogP contribution in [0, 0.1) is 5.92 Å². The average molecular weight is 464 g/mol. The maximum Gasteiger partial charge on any atom is 0.341 e. The lowest BCUT2D eigenvalue weighted by Gasteiger charge is -2.09. The van der Waals surface area contributed by atoms with Crippen molar-refractivity contribution in [2.45, 2.75) is 20.4 Å². The van der Waals surface area contributed by atoms with Gasteiger partial charge in [-0.1, -0.05) is 26.0 Å². The van der Waals surface area contributed by atoms with Gasteiger partial charge < -0.3 is 18.8 Å². The van der Waals surface area contributed by atoms with Crippen molar-refractivity contribution in [2.75, 3.05) is 20.8 Å². The van der Waals surface area contributed by atoms with Gasteiger partial charge >= 0.3 is 11.9 Å². The Balaban J connectivity index is 1.60. The van der Waals surface area contributed by atoms with E-state index in [0.29, 0.717) is 41.3 Å². The molecule has 11 heteroatoms. The molecule has 0 aliphatic carbocycles. The molecule has 0 N–H and O–H groups in total. The Bertz CT molecular complexity index is 1330. The summed E-state index contributed by atoms with van der Waals surface area (Å²) in [6.45, 7) is 4.71. The molecule has 3 heterocycles. The smallest absolute Gasteiger partial charge is 0.341 e. The first-order valence-corrected chi connectivity index (χ1v) is 10.6. The van der Waals surface area contributed by atoms with Crippen molar-refractivity contribution in [3.8, 4) is 11.8 Å². The fraction of sp³-hybridized carbons (Fsp3) is 0.304. The van der Waals surface area contributed by atoms with Crippen LogP contribution in [0.15, 0.2) is 43.0 Å². The Kier molecular flexibility index (Phi) is 6.53. The van der Waals surface area contributed by atoms with Crippen LogP contribution in [0.25, 0.3) is 17.1 Å². The number of benzene rings is 1. The van der Waals surface area contributed by atoms with E-state index in [0.717, 1.165) is 5.56 Å². The molecule has 0 aliphatic rings. The summed E-state index contributed by atoms with van der Waals surface area (Å²) in [5.74, 6) is -0.106. The zero-order valence-electron chi connectivity index (χ0n) is 19.3. The van der Waals surface area contributed by atoms with Gasteiger partial charge in [-0.2, -0.15) is 15.1 Å². The van der Waals surface area contributed by atoms with Crippen molar-refractivity contribution in [3.05, 3.63) is 59.7 Å². The summed E-state index contributed by atoms with van der Waals surface area (Å²) in [5.41, 5.74) is 2.72. The first-order valence-electron chi connectivity index (χ1n) is 10.6. The lowest BCUT2D eigenvalue weighted by Crippen LogP contribution is -2.09. The van der Waals surface area contributed by atoms with Crippen LogP contribution in [0.4, 0.5) is 0 Å². The predicted octanol–water partition coefficient (Wildman–Crippen LogP) is 2.67. The van der Waals surface area contributed by atoms with Crippen molar-refractivity contribution in [1.29, 1.82) is 0 Å². The fourth-order valence-corrected chi connectivity index (χ4v) is 3.22. The number of fused-ring (bicyclic) bond motifs is 1. The molecule has 34 heavy (non-hydrogen) atoms. The van der Waals surface area contributed by atoms with Crippen LogP contribution in [-0.2, 0) is 16.0 Å². The van der Waals surface area contributed by atoms with Crippen LogP contribution < -0.4 is 4.74 Å². The Morgan fingerprint density at radius 3 is 2.47 bits per heavy atom. The molecule has 4 aromatic rings. The predicted molar refractivity (Wildman–Crippen MR) is 121 cm³/mol. The van der Waals surface area contributed by atoms with Crippen LogP contribution in [0.1, 0.15) is 40.1 Å². The Morgan fingerprint density at radius 2 is 1.79 bits per heavy atom. The van der Waals surface area contributed by atoms with Gasteiger partial charge in [0.15, 0.2) is 11.2 Å².